The van der Waals surface area contributed by atoms with E-state index in [-0.39, 0.29) is 6.54 Å². The van der Waals surface area contributed by atoms with E-state index in [1.165, 1.54) is 17.2 Å². The number of halogens is 2. The number of rotatable bonds is 4. The summed E-state index contributed by atoms with van der Waals surface area (Å²) in [6.45, 7) is 0.106. The van der Waals surface area contributed by atoms with Crippen molar-refractivity contribution in [3.05, 3.63) is 71.5 Å². The predicted octanol–water partition coefficient (Wildman–Crippen LogP) is 4.62. The molecule has 114 valence electrons. The van der Waals surface area contributed by atoms with E-state index < -0.39 is 5.82 Å². The van der Waals surface area contributed by atoms with Gasteiger partial charge in [0.05, 0.1) is 22.5 Å². The first kappa shape index (κ1) is 15.1. The molecule has 0 spiro atoms. The van der Waals surface area contributed by atoms with Crippen molar-refractivity contribution in [1.29, 1.82) is 5.26 Å². The molecule has 0 aliphatic carbocycles. The Hall–Kier alpha value is -2.84. The van der Waals surface area contributed by atoms with Gasteiger partial charge in [-0.25, -0.2) is 9.37 Å². The average molecular weight is 328 g/mol. The van der Waals surface area contributed by atoms with Gasteiger partial charge in [-0.05, 0) is 24.3 Å². The van der Waals surface area contributed by atoms with E-state index in [9.17, 15) is 9.65 Å². The van der Waals surface area contributed by atoms with Crippen molar-refractivity contribution >= 4 is 17.3 Å². The van der Waals surface area contributed by atoms with Crippen LogP contribution in [-0.2, 0) is 6.54 Å². The minimum atomic E-state index is -0.390. The zero-order valence-corrected chi connectivity index (χ0v) is 12.7. The van der Waals surface area contributed by atoms with Crippen molar-refractivity contribution in [2.24, 2.45) is 0 Å². The predicted molar refractivity (Wildman–Crippen MR) is 85.1 cm³/mol. The molecule has 0 amide bonds. The molecule has 0 radical (unpaired) electrons. The fraction of sp³-hybridized carbons (Fsp3) is 0.0588. The maximum Gasteiger partial charge on any atom is 0.215 e. The Bertz CT molecular complexity index is 872. The highest BCUT2D eigenvalue weighted by atomic mass is 35.5. The van der Waals surface area contributed by atoms with Gasteiger partial charge in [-0.2, -0.15) is 5.26 Å². The van der Waals surface area contributed by atoms with Crippen LogP contribution in [0.1, 0.15) is 5.89 Å². The van der Waals surface area contributed by atoms with Crippen LogP contribution in [0.5, 0.6) is 0 Å². The van der Waals surface area contributed by atoms with Crippen LogP contribution in [0, 0.1) is 17.3 Å². The summed E-state index contributed by atoms with van der Waals surface area (Å²) in [5.41, 5.74) is 0.884. The lowest BCUT2D eigenvalue weighted by molar-refractivity contribution is 0.503. The fourth-order valence-corrected chi connectivity index (χ4v) is 2.39. The Balaban J connectivity index is 1.85. The molecule has 23 heavy (non-hydrogen) atoms. The number of anilines is 1. The summed E-state index contributed by atoms with van der Waals surface area (Å²) < 4.78 is 19.3. The highest BCUT2D eigenvalue weighted by molar-refractivity contribution is 6.33. The molecule has 0 aliphatic heterocycles. The third-order valence-electron chi connectivity index (χ3n) is 3.25. The van der Waals surface area contributed by atoms with Gasteiger partial charge in [0.2, 0.25) is 5.89 Å². The van der Waals surface area contributed by atoms with E-state index in [1.54, 1.807) is 42.5 Å². The maximum atomic E-state index is 13.8. The van der Waals surface area contributed by atoms with E-state index in [0.717, 1.165) is 0 Å². The third-order valence-corrected chi connectivity index (χ3v) is 3.57. The average Bonchev–Trinajstić information content (AvgIpc) is 3.02. The first-order valence-corrected chi connectivity index (χ1v) is 7.18. The van der Waals surface area contributed by atoms with Crippen molar-refractivity contribution in [2.75, 3.05) is 4.90 Å². The molecular formula is C17H11ClFN3O. The molecule has 0 saturated heterocycles. The van der Waals surface area contributed by atoms with Crippen molar-refractivity contribution < 1.29 is 8.81 Å². The van der Waals surface area contributed by atoms with Gasteiger partial charge < -0.3 is 4.42 Å². The Morgan fingerprint density at radius 3 is 2.65 bits per heavy atom. The third kappa shape index (κ3) is 3.17. The molecule has 1 aromatic heterocycles. The first-order chi connectivity index (χ1) is 11.2. The quantitative estimate of drug-likeness (QED) is 0.518. The second-order valence-corrected chi connectivity index (χ2v) is 5.14. The number of benzene rings is 2. The van der Waals surface area contributed by atoms with Gasteiger partial charge in [-0.1, -0.05) is 35.9 Å². The molecule has 0 unspecified atom stereocenters. The van der Waals surface area contributed by atoms with E-state index in [4.69, 9.17) is 16.0 Å². The summed E-state index contributed by atoms with van der Waals surface area (Å²) in [5, 5.41) is 9.77. The minimum absolute atomic E-state index is 0.106. The second kappa shape index (κ2) is 6.51. The molecular weight excluding hydrogens is 317 g/mol. The number of nitriles is 1. The molecule has 1 heterocycles. The standard InChI is InChI=1S/C17H11ClFN3O/c18-13-6-2-4-8-15(13)22(11-20)10-17-21-9-16(23-17)12-5-1-3-7-14(12)19/h1-9H,10H2. The van der Waals surface area contributed by atoms with Gasteiger partial charge in [-0.3, -0.25) is 4.90 Å². The molecule has 0 atom stereocenters. The molecule has 0 bridgehead atoms. The lowest BCUT2D eigenvalue weighted by atomic mass is 10.2. The van der Waals surface area contributed by atoms with Crippen LogP contribution in [0.2, 0.25) is 5.02 Å². The van der Waals surface area contributed by atoms with Crippen molar-refractivity contribution in [2.45, 2.75) is 6.54 Å². The van der Waals surface area contributed by atoms with Crippen LogP contribution in [0.3, 0.4) is 0 Å². The van der Waals surface area contributed by atoms with Crippen LogP contribution >= 0.6 is 11.6 Å². The highest BCUT2D eigenvalue weighted by Gasteiger charge is 2.15. The Labute approximate surface area is 137 Å². The van der Waals surface area contributed by atoms with Crippen LogP contribution in [0.15, 0.2) is 59.1 Å². The van der Waals surface area contributed by atoms with Crippen molar-refractivity contribution in [3.8, 4) is 17.5 Å². The van der Waals surface area contributed by atoms with Gasteiger partial charge >= 0.3 is 0 Å². The summed E-state index contributed by atoms with van der Waals surface area (Å²) in [6.07, 6.45) is 3.48. The zero-order valence-electron chi connectivity index (χ0n) is 11.9. The van der Waals surface area contributed by atoms with Gasteiger partial charge in [0.25, 0.3) is 0 Å². The lowest BCUT2D eigenvalue weighted by Crippen LogP contribution is -2.16. The van der Waals surface area contributed by atoms with E-state index in [2.05, 4.69) is 4.98 Å². The van der Waals surface area contributed by atoms with Gasteiger partial charge in [0.1, 0.15) is 12.4 Å². The summed E-state index contributed by atoms with van der Waals surface area (Å²) in [6, 6.07) is 13.3. The van der Waals surface area contributed by atoms with E-state index >= 15 is 0 Å². The summed E-state index contributed by atoms with van der Waals surface area (Å²) in [7, 11) is 0. The van der Waals surface area contributed by atoms with Gasteiger partial charge in [0, 0.05) is 0 Å². The van der Waals surface area contributed by atoms with E-state index in [1.807, 2.05) is 6.19 Å². The van der Waals surface area contributed by atoms with E-state index in [0.29, 0.717) is 27.9 Å². The van der Waals surface area contributed by atoms with Crippen molar-refractivity contribution in [1.82, 2.24) is 4.98 Å². The molecule has 0 saturated carbocycles. The van der Waals surface area contributed by atoms with Crippen LogP contribution in [0.25, 0.3) is 11.3 Å². The first-order valence-electron chi connectivity index (χ1n) is 6.80. The second-order valence-electron chi connectivity index (χ2n) is 4.74. The maximum absolute atomic E-state index is 13.8. The number of oxazole rings is 1. The number of hydrogen-bond donors (Lipinski definition) is 0. The Morgan fingerprint density at radius 1 is 1.17 bits per heavy atom. The van der Waals surface area contributed by atoms with Crippen LogP contribution in [-0.4, -0.2) is 4.98 Å². The largest absolute Gasteiger partial charge is 0.439 e. The molecule has 0 fully saturated rings. The summed E-state index contributed by atoms with van der Waals surface area (Å²) >= 11 is 6.09. The summed E-state index contributed by atoms with van der Waals surface area (Å²) in [5.74, 6) is 0.221. The van der Waals surface area contributed by atoms with Gasteiger partial charge in [0.15, 0.2) is 12.0 Å². The molecule has 3 aromatic rings. The van der Waals surface area contributed by atoms with Gasteiger partial charge in [-0.15, -0.1) is 0 Å². The minimum Gasteiger partial charge on any atom is -0.439 e. The molecule has 0 N–H and O–H groups in total. The highest BCUT2D eigenvalue weighted by Crippen LogP contribution is 2.27. The fourth-order valence-electron chi connectivity index (χ4n) is 2.15. The number of para-hydroxylation sites is 1. The molecule has 0 aliphatic rings. The number of nitrogens with zero attached hydrogens (tertiary/aromatic N) is 3. The summed E-state index contributed by atoms with van der Waals surface area (Å²) in [4.78, 5) is 5.47. The van der Waals surface area contributed by atoms with Crippen molar-refractivity contribution in [3.63, 3.8) is 0 Å². The molecule has 4 nitrogen and oxygen atoms in total. The molecule has 2 aromatic carbocycles. The smallest absolute Gasteiger partial charge is 0.215 e. The van der Waals surface area contributed by atoms with Crippen LogP contribution < -0.4 is 4.90 Å². The Morgan fingerprint density at radius 2 is 1.91 bits per heavy atom. The van der Waals surface area contributed by atoms with Crippen LogP contribution in [0.4, 0.5) is 10.1 Å². The molecule has 3 rings (SSSR count). The lowest BCUT2D eigenvalue weighted by Gasteiger charge is -2.14. The normalized spacial score (nSPS) is 10.3. The molecule has 6 heteroatoms. The number of hydrogen-bond acceptors (Lipinski definition) is 4. The SMILES string of the molecule is N#CN(Cc1ncc(-c2ccccc2F)o1)c1ccccc1Cl. The zero-order chi connectivity index (χ0) is 16.2. The topological polar surface area (TPSA) is 53.1 Å². The Kier molecular flexibility index (Phi) is 4.26. The number of aromatic nitrogens is 1. The monoisotopic (exact) mass is 327 g/mol.